The van der Waals surface area contributed by atoms with Crippen molar-refractivity contribution in [3.63, 3.8) is 0 Å². The lowest BCUT2D eigenvalue weighted by Crippen LogP contribution is -2.21. The standard InChI is InChI=1S/C33H61NO3/c1-5-7-9-11-13-15-16-17-18-19-20-22-24-26-29-32(28-25-23-21-14-12-10-8-6-2)37-33(35)36-31-27-30-34(3)4/h8,10,13,15-17,32H,5-7,9,11-12,14,18-31H2,1-4H3/b10-8-,15-13+,17-16-. The highest BCUT2D eigenvalue weighted by Crippen LogP contribution is 2.17. The quantitative estimate of drug-likeness (QED) is 0.0493. The molecule has 0 aliphatic carbocycles. The van der Waals surface area contributed by atoms with Crippen molar-refractivity contribution in [1.29, 1.82) is 0 Å². The summed E-state index contributed by atoms with van der Waals surface area (Å²) in [6, 6.07) is 0. The largest absolute Gasteiger partial charge is 0.508 e. The van der Waals surface area contributed by atoms with E-state index in [0.29, 0.717) is 6.61 Å². The molecule has 4 nitrogen and oxygen atoms in total. The van der Waals surface area contributed by atoms with Gasteiger partial charge in [0.15, 0.2) is 0 Å². The molecule has 0 amide bonds. The third kappa shape index (κ3) is 28.9. The summed E-state index contributed by atoms with van der Waals surface area (Å²) in [5.41, 5.74) is 0. The van der Waals surface area contributed by atoms with Crippen LogP contribution in [0.1, 0.15) is 136 Å². The minimum atomic E-state index is -0.486. The first-order valence-electron chi connectivity index (χ1n) is 15.5. The van der Waals surface area contributed by atoms with Crippen molar-refractivity contribution in [2.75, 3.05) is 27.2 Å². The highest BCUT2D eigenvalue weighted by atomic mass is 16.7. The smallest absolute Gasteiger partial charge is 0.434 e. The highest BCUT2D eigenvalue weighted by Gasteiger charge is 2.15. The van der Waals surface area contributed by atoms with Crippen LogP contribution in [0, 0.1) is 0 Å². The molecule has 1 unspecified atom stereocenters. The molecule has 0 N–H and O–H groups in total. The van der Waals surface area contributed by atoms with E-state index in [1.807, 2.05) is 14.1 Å². The molecule has 0 fully saturated rings. The average molecular weight is 520 g/mol. The Morgan fingerprint density at radius 3 is 1.78 bits per heavy atom. The summed E-state index contributed by atoms with van der Waals surface area (Å²) in [6.07, 6.45) is 35.3. The van der Waals surface area contributed by atoms with Gasteiger partial charge < -0.3 is 14.4 Å². The Balaban J connectivity index is 4.08. The number of carbonyl (C=O) groups excluding carboxylic acids is 1. The molecule has 0 aromatic rings. The van der Waals surface area contributed by atoms with Crippen LogP contribution in [0.15, 0.2) is 36.5 Å². The topological polar surface area (TPSA) is 38.8 Å². The number of nitrogens with zero attached hydrogens (tertiary/aromatic N) is 1. The number of rotatable bonds is 26. The van der Waals surface area contributed by atoms with Crippen LogP contribution in [-0.4, -0.2) is 44.4 Å². The zero-order valence-corrected chi connectivity index (χ0v) is 25.1. The van der Waals surface area contributed by atoms with Gasteiger partial charge in [-0.25, -0.2) is 4.79 Å². The lowest BCUT2D eigenvalue weighted by atomic mass is 10.0. The Morgan fingerprint density at radius 1 is 0.676 bits per heavy atom. The van der Waals surface area contributed by atoms with Gasteiger partial charge in [-0.1, -0.05) is 95.2 Å². The lowest BCUT2D eigenvalue weighted by Gasteiger charge is -2.18. The maximum absolute atomic E-state index is 12.2. The summed E-state index contributed by atoms with van der Waals surface area (Å²) in [5, 5.41) is 0. The fourth-order valence-electron chi connectivity index (χ4n) is 4.27. The third-order valence-corrected chi connectivity index (χ3v) is 6.54. The van der Waals surface area contributed by atoms with Crippen LogP contribution in [0.4, 0.5) is 4.79 Å². The monoisotopic (exact) mass is 519 g/mol. The fraction of sp³-hybridized carbons (Fsp3) is 0.788. The molecule has 1 atom stereocenters. The maximum atomic E-state index is 12.2. The van der Waals surface area contributed by atoms with Gasteiger partial charge in [-0.15, -0.1) is 0 Å². The molecular weight excluding hydrogens is 458 g/mol. The Hall–Kier alpha value is -1.55. The van der Waals surface area contributed by atoms with Crippen LogP contribution in [0.2, 0.25) is 0 Å². The first-order chi connectivity index (χ1) is 18.1. The van der Waals surface area contributed by atoms with Gasteiger partial charge in [0.1, 0.15) is 6.10 Å². The second-order valence-electron chi connectivity index (χ2n) is 10.6. The van der Waals surface area contributed by atoms with E-state index < -0.39 is 6.16 Å². The summed E-state index contributed by atoms with van der Waals surface area (Å²) in [5.74, 6) is 0. The number of allylic oxidation sites excluding steroid dienone is 6. The molecule has 0 aromatic heterocycles. The van der Waals surface area contributed by atoms with E-state index in [0.717, 1.165) is 45.1 Å². The summed E-state index contributed by atoms with van der Waals surface area (Å²) in [7, 11) is 4.05. The summed E-state index contributed by atoms with van der Waals surface area (Å²) < 4.78 is 11.1. The molecule has 4 heteroatoms. The SMILES string of the molecule is CC/C=C\CCCCCCC(CCCCCCC/C=C\C=C\CCCCC)OC(=O)OCCCN(C)C. The predicted molar refractivity (Wildman–Crippen MR) is 161 cm³/mol. The van der Waals surface area contributed by atoms with Gasteiger partial charge in [0.05, 0.1) is 6.61 Å². The Kier molecular flexibility index (Phi) is 27.8. The number of hydrogen-bond acceptors (Lipinski definition) is 4. The molecule has 0 heterocycles. The molecule has 0 aliphatic rings. The van der Waals surface area contributed by atoms with Crippen molar-refractivity contribution in [3.8, 4) is 0 Å². The number of hydrogen-bond donors (Lipinski definition) is 0. The van der Waals surface area contributed by atoms with Gasteiger partial charge in [0.2, 0.25) is 0 Å². The molecule has 37 heavy (non-hydrogen) atoms. The van der Waals surface area contributed by atoms with Crippen molar-refractivity contribution >= 4 is 6.16 Å². The normalized spacial score (nSPS) is 12.9. The van der Waals surface area contributed by atoms with Gasteiger partial charge in [0.25, 0.3) is 0 Å². The average Bonchev–Trinajstić information content (AvgIpc) is 2.88. The molecule has 0 saturated heterocycles. The first kappa shape index (κ1) is 35.5. The lowest BCUT2D eigenvalue weighted by molar-refractivity contribution is 0.0150. The van der Waals surface area contributed by atoms with Gasteiger partial charge in [-0.05, 0) is 91.1 Å². The maximum Gasteiger partial charge on any atom is 0.508 e. The van der Waals surface area contributed by atoms with E-state index in [9.17, 15) is 4.79 Å². The van der Waals surface area contributed by atoms with Crippen molar-refractivity contribution in [2.24, 2.45) is 0 Å². The van der Waals surface area contributed by atoms with Gasteiger partial charge in [-0.3, -0.25) is 0 Å². The second kappa shape index (κ2) is 29.0. The van der Waals surface area contributed by atoms with Gasteiger partial charge in [0, 0.05) is 6.54 Å². The Labute approximate surface area is 230 Å². The summed E-state index contributed by atoms with van der Waals surface area (Å²) >= 11 is 0. The zero-order valence-electron chi connectivity index (χ0n) is 25.1. The van der Waals surface area contributed by atoms with Crippen LogP contribution >= 0.6 is 0 Å². The molecule has 0 aromatic carbocycles. The van der Waals surface area contributed by atoms with Crippen molar-refractivity contribution in [3.05, 3.63) is 36.5 Å². The highest BCUT2D eigenvalue weighted by molar-refractivity contribution is 5.60. The molecule has 0 radical (unpaired) electrons. The van der Waals surface area contributed by atoms with Gasteiger partial charge >= 0.3 is 6.16 Å². The van der Waals surface area contributed by atoms with Crippen molar-refractivity contribution in [2.45, 2.75) is 142 Å². The molecular formula is C33H61NO3. The Bertz CT molecular complexity index is 568. The first-order valence-corrected chi connectivity index (χ1v) is 15.5. The van der Waals surface area contributed by atoms with E-state index in [1.165, 1.54) is 83.5 Å². The van der Waals surface area contributed by atoms with Crippen LogP contribution in [-0.2, 0) is 9.47 Å². The molecule has 0 saturated carbocycles. The molecule has 0 bridgehead atoms. The molecule has 0 aliphatic heterocycles. The van der Waals surface area contributed by atoms with E-state index in [1.54, 1.807) is 0 Å². The minimum Gasteiger partial charge on any atom is -0.434 e. The van der Waals surface area contributed by atoms with Crippen LogP contribution < -0.4 is 0 Å². The van der Waals surface area contributed by atoms with Crippen LogP contribution in [0.25, 0.3) is 0 Å². The van der Waals surface area contributed by atoms with Crippen molar-refractivity contribution in [1.82, 2.24) is 4.90 Å². The molecule has 0 spiro atoms. The van der Waals surface area contributed by atoms with E-state index in [2.05, 4.69) is 55.2 Å². The van der Waals surface area contributed by atoms with Crippen molar-refractivity contribution < 1.29 is 14.3 Å². The molecule has 216 valence electrons. The number of ether oxygens (including phenoxy) is 2. The Morgan fingerprint density at radius 2 is 1.22 bits per heavy atom. The number of unbranched alkanes of at least 4 members (excludes halogenated alkanes) is 12. The minimum absolute atomic E-state index is 0.00613. The number of carbonyl (C=O) groups is 1. The van der Waals surface area contributed by atoms with Crippen LogP contribution in [0.5, 0.6) is 0 Å². The van der Waals surface area contributed by atoms with E-state index >= 15 is 0 Å². The van der Waals surface area contributed by atoms with E-state index in [4.69, 9.17) is 9.47 Å². The van der Waals surface area contributed by atoms with E-state index in [-0.39, 0.29) is 6.10 Å². The summed E-state index contributed by atoms with van der Waals surface area (Å²) in [4.78, 5) is 14.3. The summed E-state index contributed by atoms with van der Waals surface area (Å²) in [6.45, 7) is 5.77. The van der Waals surface area contributed by atoms with Gasteiger partial charge in [-0.2, -0.15) is 0 Å². The fourth-order valence-corrected chi connectivity index (χ4v) is 4.27. The predicted octanol–water partition coefficient (Wildman–Crippen LogP) is 10.2. The molecule has 0 rings (SSSR count). The zero-order chi connectivity index (χ0) is 27.2. The third-order valence-electron chi connectivity index (χ3n) is 6.54. The second-order valence-corrected chi connectivity index (χ2v) is 10.6. The van der Waals surface area contributed by atoms with Crippen LogP contribution in [0.3, 0.4) is 0 Å².